The summed E-state index contributed by atoms with van der Waals surface area (Å²) in [7, 11) is -1.61. The van der Waals surface area contributed by atoms with Crippen molar-refractivity contribution in [1.82, 2.24) is 5.32 Å². The van der Waals surface area contributed by atoms with E-state index in [2.05, 4.69) is 5.32 Å². The van der Waals surface area contributed by atoms with E-state index in [0.717, 1.165) is 5.56 Å². The van der Waals surface area contributed by atoms with E-state index in [0.29, 0.717) is 5.75 Å². The van der Waals surface area contributed by atoms with Crippen LogP contribution in [-0.2, 0) is 21.1 Å². The number of benzene rings is 1. The number of para-hydroxylation sites is 1. The van der Waals surface area contributed by atoms with Crippen molar-refractivity contribution in [3.8, 4) is 5.75 Å². The maximum Gasteiger partial charge on any atom is 0.224 e. The van der Waals surface area contributed by atoms with E-state index >= 15 is 0 Å². The molecular formula is C13H16ClNO4S. The van der Waals surface area contributed by atoms with Crippen molar-refractivity contribution in [2.75, 3.05) is 18.6 Å². The van der Waals surface area contributed by atoms with Crippen LogP contribution in [0.15, 0.2) is 24.3 Å². The van der Waals surface area contributed by atoms with Crippen molar-refractivity contribution >= 4 is 27.3 Å². The summed E-state index contributed by atoms with van der Waals surface area (Å²) in [6.45, 7) is 0. The molecule has 110 valence electrons. The van der Waals surface area contributed by atoms with Gasteiger partial charge in [0.05, 0.1) is 36.5 Å². The fourth-order valence-electron chi connectivity index (χ4n) is 2.22. The number of carbonyl (C=O) groups is 1. The van der Waals surface area contributed by atoms with E-state index < -0.39 is 21.3 Å². The van der Waals surface area contributed by atoms with E-state index in [1.807, 2.05) is 12.1 Å². The van der Waals surface area contributed by atoms with Gasteiger partial charge in [0.2, 0.25) is 5.91 Å². The second-order valence-electron chi connectivity index (χ2n) is 4.76. The van der Waals surface area contributed by atoms with Crippen LogP contribution in [0.2, 0.25) is 0 Å². The molecule has 1 aromatic rings. The first-order valence-electron chi connectivity index (χ1n) is 6.17. The van der Waals surface area contributed by atoms with E-state index in [-0.39, 0.29) is 23.8 Å². The predicted octanol–water partition coefficient (Wildman–Crippen LogP) is 0.758. The maximum absolute atomic E-state index is 12.0. The summed E-state index contributed by atoms with van der Waals surface area (Å²) in [5.41, 5.74) is 0.750. The fourth-order valence-corrected chi connectivity index (χ4v) is 4.77. The molecule has 1 aliphatic rings. The Morgan fingerprint density at radius 2 is 2.10 bits per heavy atom. The lowest BCUT2D eigenvalue weighted by Crippen LogP contribution is -2.41. The van der Waals surface area contributed by atoms with Crippen molar-refractivity contribution < 1.29 is 17.9 Å². The van der Waals surface area contributed by atoms with Gasteiger partial charge in [0.15, 0.2) is 9.84 Å². The lowest BCUT2D eigenvalue weighted by Gasteiger charge is -2.15. The number of sulfone groups is 1. The normalized spacial score (nSPS) is 24.3. The van der Waals surface area contributed by atoms with Crippen LogP contribution in [0.25, 0.3) is 0 Å². The minimum atomic E-state index is -3.15. The molecule has 0 spiro atoms. The van der Waals surface area contributed by atoms with Crippen molar-refractivity contribution in [1.29, 1.82) is 0 Å². The summed E-state index contributed by atoms with van der Waals surface area (Å²) >= 11 is 5.95. The van der Waals surface area contributed by atoms with E-state index in [1.54, 1.807) is 12.1 Å². The van der Waals surface area contributed by atoms with Crippen LogP contribution in [0, 0.1) is 0 Å². The third kappa shape index (κ3) is 3.64. The third-order valence-electron chi connectivity index (χ3n) is 3.17. The van der Waals surface area contributed by atoms with Crippen LogP contribution in [0.3, 0.4) is 0 Å². The second-order valence-corrected chi connectivity index (χ2v) is 7.47. The molecule has 0 aromatic heterocycles. The number of methoxy groups -OCH3 is 1. The minimum absolute atomic E-state index is 0.0891. The topological polar surface area (TPSA) is 72.5 Å². The number of hydrogen-bond acceptors (Lipinski definition) is 4. The molecule has 1 fully saturated rings. The van der Waals surface area contributed by atoms with Gasteiger partial charge in [0.1, 0.15) is 5.75 Å². The fraction of sp³-hybridized carbons (Fsp3) is 0.462. The zero-order valence-electron chi connectivity index (χ0n) is 11.0. The molecule has 1 N–H and O–H groups in total. The van der Waals surface area contributed by atoms with Crippen LogP contribution in [0.1, 0.15) is 5.56 Å². The molecule has 1 aromatic carbocycles. The van der Waals surface area contributed by atoms with Crippen LogP contribution >= 0.6 is 11.6 Å². The first-order valence-corrected chi connectivity index (χ1v) is 8.43. The standard InChI is InChI=1S/C13H16ClNO4S/c1-19-12-5-3-2-4-9(12)6-13(16)15-11-8-20(17,18)7-10(11)14/h2-5,10-11H,6-8H2,1H3,(H,15,16)/t10-,11+/m1/s1. The van der Waals surface area contributed by atoms with Gasteiger partial charge in [0.25, 0.3) is 0 Å². The molecule has 0 aliphatic carbocycles. The summed E-state index contributed by atoms with van der Waals surface area (Å²) in [5, 5.41) is 2.11. The molecule has 0 radical (unpaired) electrons. The highest BCUT2D eigenvalue weighted by atomic mass is 35.5. The molecule has 2 atom stereocenters. The van der Waals surface area contributed by atoms with Gasteiger partial charge < -0.3 is 10.1 Å². The zero-order chi connectivity index (χ0) is 14.8. The Balaban J connectivity index is 2.00. The van der Waals surface area contributed by atoms with Crippen molar-refractivity contribution in [3.63, 3.8) is 0 Å². The van der Waals surface area contributed by atoms with E-state index in [1.165, 1.54) is 7.11 Å². The Bertz CT molecular complexity index is 602. The largest absolute Gasteiger partial charge is 0.496 e. The van der Waals surface area contributed by atoms with Gasteiger partial charge in [-0.3, -0.25) is 4.79 Å². The number of nitrogens with one attached hydrogen (secondary N) is 1. The number of alkyl halides is 1. The Morgan fingerprint density at radius 3 is 2.70 bits per heavy atom. The maximum atomic E-state index is 12.0. The molecule has 0 saturated carbocycles. The van der Waals surface area contributed by atoms with Crippen LogP contribution < -0.4 is 10.1 Å². The average molecular weight is 318 g/mol. The molecular weight excluding hydrogens is 302 g/mol. The summed E-state index contributed by atoms with van der Waals surface area (Å²) in [6, 6.07) is 6.67. The summed E-state index contributed by atoms with van der Waals surface area (Å²) < 4.78 is 28.0. The highest BCUT2D eigenvalue weighted by Crippen LogP contribution is 2.20. The smallest absolute Gasteiger partial charge is 0.224 e. The lowest BCUT2D eigenvalue weighted by molar-refractivity contribution is -0.121. The first-order chi connectivity index (χ1) is 9.41. The summed E-state index contributed by atoms with van der Waals surface area (Å²) in [4.78, 5) is 12.0. The van der Waals surface area contributed by atoms with E-state index in [4.69, 9.17) is 16.3 Å². The highest BCUT2D eigenvalue weighted by Gasteiger charge is 2.37. The van der Waals surface area contributed by atoms with Gasteiger partial charge in [-0.1, -0.05) is 18.2 Å². The van der Waals surface area contributed by atoms with Gasteiger partial charge in [0, 0.05) is 5.56 Å². The molecule has 0 unspecified atom stereocenters. The van der Waals surface area contributed by atoms with Gasteiger partial charge in [-0.25, -0.2) is 8.42 Å². The number of carbonyl (C=O) groups excluding carboxylic acids is 1. The van der Waals surface area contributed by atoms with Gasteiger partial charge in [-0.2, -0.15) is 0 Å². The van der Waals surface area contributed by atoms with Gasteiger partial charge in [-0.05, 0) is 6.07 Å². The number of rotatable bonds is 4. The van der Waals surface area contributed by atoms with Crippen molar-refractivity contribution in [2.24, 2.45) is 0 Å². The molecule has 1 amide bonds. The Labute approximate surface area is 123 Å². The molecule has 7 heteroatoms. The van der Waals surface area contributed by atoms with Gasteiger partial charge in [-0.15, -0.1) is 11.6 Å². The Hall–Kier alpha value is -1.27. The number of amides is 1. The molecule has 1 saturated heterocycles. The predicted molar refractivity (Wildman–Crippen MR) is 76.9 cm³/mol. The monoisotopic (exact) mass is 317 g/mol. The molecule has 2 rings (SSSR count). The molecule has 0 bridgehead atoms. The van der Waals surface area contributed by atoms with Crippen LogP contribution in [0.5, 0.6) is 5.75 Å². The van der Waals surface area contributed by atoms with Crippen LogP contribution in [-0.4, -0.2) is 44.4 Å². The Kier molecular flexibility index (Phi) is 4.55. The summed E-state index contributed by atoms with van der Waals surface area (Å²) in [6.07, 6.45) is 0.129. The summed E-state index contributed by atoms with van der Waals surface area (Å²) in [5.74, 6) is 0.179. The van der Waals surface area contributed by atoms with Crippen molar-refractivity contribution in [3.05, 3.63) is 29.8 Å². The molecule has 1 heterocycles. The van der Waals surface area contributed by atoms with E-state index in [9.17, 15) is 13.2 Å². The van der Waals surface area contributed by atoms with Crippen LogP contribution in [0.4, 0.5) is 0 Å². The van der Waals surface area contributed by atoms with Crippen molar-refractivity contribution in [2.45, 2.75) is 17.8 Å². The quantitative estimate of drug-likeness (QED) is 0.832. The minimum Gasteiger partial charge on any atom is -0.496 e. The zero-order valence-corrected chi connectivity index (χ0v) is 12.6. The molecule has 5 nitrogen and oxygen atoms in total. The number of hydrogen-bond donors (Lipinski definition) is 1. The number of ether oxygens (including phenoxy) is 1. The highest BCUT2D eigenvalue weighted by molar-refractivity contribution is 7.91. The first kappa shape index (κ1) is 15.1. The molecule has 20 heavy (non-hydrogen) atoms. The molecule has 1 aliphatic heterocycles. The third-order valence-corrected chi connectivity index (χ3v) is 5.55. The lowest BCUT2D eigenvalue weighted by atomic mass is 10.1. The van der Waals surface area contributed by atoms with Gasteiger partial charge >= 0.3 is 0 Å². The second kappa shape index (κ2) is 6.01. The Morgan fingerprint density at radius 1 is 1.40 bits per heavy atom. The SMILES string of the molecule is COc1ccccc1CC(=O)N[C@H]1CS(=O)(=O)C[C@H]1Cl. The average Bonchev–Trinajstić information content (AvgIpc) is 2.62. The number of halogens is 1.